The van der Waals surface area contributed by atoms with Crippen LogP contribution in [0.1, 0.15) is 22.6 Å². The van der Waals surface area contributed by atoms with Gasteiger partial charge >= 0.3 is 5.97 Å². The van der Waals surface area contributed by atoms with E-state index in [1.807, 2.05) is 0 Å². The highest BCUT2D eigenvalue weighted by Crippen LogP contribution is 2.19. The maximum absolute atomic E-state index is 11.5. The summed E-state index contributed by atoms with van der Waals surface area (Å²) in [7, 11) is 3.26. The van der Waals surface area contributed by atoms with Gasteiger partial charge in [-0.2, -0.15) is 0 Å². The summed E-state index contributed by atoms with van der Waals surface area (Å²) in [4.78, 5) is 20.7. The SMILES string of the molecule is CN=C(NCc1ccc(C)s1)N1CCC(C(=O)OC)CC1.I. The quantitative estimate of drug-likeness (QED) is 0.342. The van der Waals surface area contributed by atoms with Crippen molar-refractivity contribution in [2.45, 2.75) is 26.3 Å². The topological polar surface area (TPSA) is 53.9 Å². The van der Waals surface area contributed by atoms with Crippen molar-refractivity contribution < 1.29 is 9.53 Å². The van der Waals surface area contributed by atoms with Crippen molar-refractivity contribution in [3.8, 4) is 0 Å². The zero-order valence-electron chi connectivity index (χ0n) is 13.3. The van der Waals surface area contributed by atoms with Crippen LogP contribution in [0.4, 0.5) is 0 Å². The molecule has 1 aliphatic rings. The zero-order chi connectivity index (χ0) is 15.2. The van der Waals surface area contributed by atoms with E-state index in [0.29, 0.717) is 0 Å². The number of nitrogens with zero attached hydrogens (tertiary/aromatic N) is 2. The second kappa shape index (κ2) is 9.34. The Hall–Kier alpha value is -0.830. The van der Waals surface area contributed by atoms with Gasteiger partial charge < -0.3 is 15.0 Å². The van der Waals surface area contributed by atoms with Crippen molar-refractivity contribution in [2.75, 3.05) is 27.2 Å². The molecule has 1 aromatic heterocycles. The number of thiophene rings is 1. The molecule has 0 spiro atoms. The zero-order valence-corrected chi connectivity index (χ0v) is 16.4. The van der Waals surface area contributed by atoms with E-state index in [-0.39, 0.29) is 35.9 Å². The Labute approximate surface area is 153 Å². The number of guanidine groups is 1. The molecular formula is C15H24IN3O2S. The molecule has 2 heterocycles. The molecule has 1 saturated heterocycles. The van der Waals surface area contributed by atoms with E-state index in [1.165, 1.54) is 16.9 Å². The lowest BCUT2D eigenvalue weighted by Gasteiger charge is -2.33. The predicted molar refractivity (Wildman–Crippen MR) is 101 cm³/mol. The number of ether oxygens (including phenoxy) is 1. The molecule has 0 saturated carbocycles. The Bertz CT molecular complexity index is 511. The lowest BCUT2D eigenvalue weighted by atomic mass is 9.97. The summed E-state index contributed by atoms with van der Waals surface area (Å²) in [6.45, 7) is 4.58. The summed E-state index contributed by atoms with van der Waals surface area (Å²) >= 11 is 1.80. The van der Waals surface area contributed by atoms with Crippen LogP contribution in [0.25, 0.3) is 0 Å². The molecule has 0 bridgehead atoms. The number of likely N-dealkylation sites (tertiary alicyclic amines) is 1. The van der Waals surface area contributed by atoms with Crippen LogP contribution in [0.3, 0.4) is 0 Å². The maximum atomic E-state index is 11.5. The Morgan fingerprint density at radius 1 is 1.45 bits per heavy atom. The first-order valence-electron chi connectivity index (χ1n) is 7.22. The van der Waals surface area contributed by atoms with E-state index in [1.54, 1.807) is 18.4 Å². The third-order valence-electron chi connectivity index (χ3n) is 3.76. The van der Waals surface area contributed by atoms with Gasteiger partial charge in [-0.05, 0) is 31.9 Å². The fourth-order valence-electron chi connectivity index (χ4n) is 2.57. The fourth-order valence-corrected chi connectivity index (χ4v) is 3.40. The Kier molecular flexibility index (Phi) is 8.16. The highest BCUT2D eigenvalue weighted by molar-refractivity contribution is 14.0. The fraction of sp³-hybridized carbons (Fsp3) is 0.600. The van der Waals surface area contributed by atoms with Gasteiger partial charge in [-0.15, -0.1) is 35.3 Å². The summed E-state index contributed by atoms with van der Waals surface area (Å²) in [6.07, 6.45) is 1.65. The summed E-state index contributed by atoms with van der Waals surface area (Å²) in [6, 6.07) is 4.27. The summed E-state index contributed by atoms with van der Waals surface area (Å²) in [5.74, 6) is 0.848. The predicted octanol–water partition coefficient (Wildman–Crippen LogP) is 2.63. The van der Waals surface area contributed by atoms with Crippen molar-refractivity contribution in [3.63, 3.8) is 0 Å². The van der Waals surface area contributed by atoms with Crippen molar-refractivity contribution in [1.82, 2.24) is 10.2 Å². The van der Waals surface area contributed by atoms with Crippen LogP contribution in [-0.2, 0) is 16.1 Å². The standard InChI is InChI=1S/C15H23N3O2S.HI/c1-11-4-5-13(21-11)10-17-15(16-2)18-8-6-12(7-9-18)14(19)20-3;/h4-5,12H,6-10H2,1-3H3,(H,16,17);1H. The van der Waals surface area contributed by atoms with Crippen molar-refractivity contribution in [3.05, 3.63) is 21.9 Å². The number of hydrogen-bond donors (Lipinski definition) is 1. The highest BCUT2D eigenvalue weighted by atomic mass is 127. The van der Waals surface area contributed by atoms with Crippen LogP contribution in [0, 0.1) is 12.8 Å². The largest absolute Gasteiger partial charge is 0.469 e. The van der Waals surface area contributed by atoms with Crippen LogP contribution >= 0.6 is 35.3 Å². The number of methoxy groups -OCH3 is 1. The smallest absolute Gasteiger partial charge is 0.308 e. The molecule has 22 heavy (non-hydrogen) atoms. The molecule has 0 aliphatic carbocycles. The lowest BCUT2D eigenvalue weighted by Crippen LogP contribution is -2.46. The first-order chi connectivity index (χ1) is 10.1. The van der Waals surface area contributed by atoms with Gasteiger partial charge in [0.2, 0.25) is 0 Å². The van der Waals surface area contributed by atoms with Crippen molar-refractivity contribution >= 4 is 47.2 Å². The monoisotopic (exact) mass is 437 g/mol. The molecule has 0 amide bonds. The number of carbonyl (C=O) groups is 1. The number of halogens is 1. The van der Waals surface area contributed by atoms with Gasteiger partial charge in [0.1, 0.15) is 0 Å². The molecule has 7 heteroatoms. The third-order valence-corrected chi connectivity index (χ3v) is 4.76. The number of nitrogens with one attached hydrogen (secondary N) is 1. The van der Waals surface area contributed by atoms with Gasteiger partial charge in [0.05, 0.1) is 19.6 Å². The minimum Gasteiger partial charge on any atom is -0.469 e. The number of carbonyl (C=O) groups excluding carboxylic acids is 1. The summed E-state index contributed by atoms with van der Waals surface area (Å²) in [5, 5.41) is 3.40. The van der Waals surface area contributed by atoms with Crippen molar-refractivity contribution in [2.24, 2.45) is 10.9 Å². The average molecular weight is 437 g/mol. The minimum absolute atomic E-state index is 0. The first-order valence-corrected chi connectivity index (χ1v) is 8.04. The molecule has 1 aliphatic heterocycles. The molecule has 0 unspecified atom stereocenters. The van der Waals surface area contributed by atoms with Crippen molar-refractivity contribution in [1.29, 1.82) is 0 Å². The summed E-state index contributed by atoms with van der Waals surface area (Å²) in [5.41, 5.74) is 0. The van der Waals surface area contributed by atoms with Crippen LogP contribution in [-0.4, -0.2) is 44.1 Å². The summed E-state index contributed by atoms with van der Waals surface area (Å²) < 4.78 is 4.82. The minimum atomic E-state index is -0.0911. The van der Waals surface area contributed by atoms with E-state index in [2.05, 4.69) is 34.3 Å². The van der Waals surface area contributed by atoms with Gasteiger partial charge in [-0.1, -0.05) is 0 Å². The number of aryl methyl sites for hydroxylation is 1. The van der Waals surface area contributed by atoms with Crippen LogP contribution in [0.2, 0.25) is 0 Å². The molecule has 5 nitrogen and oxygen atoms in total. The van der Waals surface area contributed by atoms with Gasteiger partial charge in [-0.25, -0.2) is 0 Å². The molecule has 1 fully saturated rings. The van der Waals surface area contributed by atoms with Crippen LogP contribution < -0.4 is 5.32 Å². The number of aliphatic imine (C=N–C) groups is 1. The van der Waals surface area contributed by atoms with E-state index in [9.17, 15) is 4.79 Å². The average Bonchev–Trinajstić information content (AvgIpc) is 2.93. The number of hydrogen-bond acceptors (Lipinski definition) is 4. The second-order valence-corrected chi connectivity index (χ2v) is 6.57. The molecule has 0 radical (unpaired) electrons. The molecule has 2 rings (SSSR count). The number of rotatable bonds is 3. The normalized spacial score (nSPS) is 16.1. The van der Waals surface area contributed by atoms with Gasteiger partial charge in [0.15, 0.2) is 5.96 Å². The Balaban J connectivity index is 0.00000242. The maximum Gasteiger partial charge on any atom is 0.308 e. The van der Waals surface area contributed by atoms with E-state index >= 15 is 0 Å². The molecule has 0 atom stereocenters. The van der Waals surface area contributed by atoms with E-state index < -0.39 is 0 Å². The van der Waals surface area contributed by atoms with Gasteiger partial charge in [0, 0.05) is 29.9 Å². The van der Waals surface area contributed by atoms with E-state index in [4.69, 9.17) is 4.74 Å². The lowest BCUT2D eigenvalue weighted by molar-refractivity contribution is -0.146. The van der Waals surface area contributed by atoms with Gasteiger partial charge in [-0.3, -0.25) is 9.79 Å². The number of esters is 1. The second-order valence-electron chi connectivity index (χ2n) is 5.20. The molecule has 124 valence electrons. The van der Waals surface area contributed by atoms with E-state index in [0.717, 1.165) is 38.4 Å². The van der Waals surface area contributed by atoms with Crippen LogP contribution in [0.5, 0.6) is 0 Å². The molecular weight excluding hydrogens is 413 g/mol. The molecule has 0 aromatic carbocycles. The molecule has 1 aromatic rings. The van der Waals surface area contributed by atoms with Gasteiger partial charge in [0.25, 0.3) is 0 Å². The third kappa shape index (κ3) is 5.12. The first kappa shape index (κ1) is 19.2. The highest BCUT2D eigenvalue weighted by Gasteiger charge is 2.26. The Morgan fingerprint density at radius 2 is 2.14 bits per heavy atom. The number of piperidine rings is 1. The Morgan fingerprint density at radius 3 is 2.64 bits per heavy atom. The molecule has 1 N–H and O–H groups in total. The van der Waals surface area contributed by atoms with Crippen LogP contribution in [0.15, 0.2) is 17.1 Å².